The van der Waals surface area contributed by atoms with Crippen molar-refractivity contribution in [3.63, 3.8) is 0 Å². The molecule has 0 unspecified atom stereocenters. The smallest absolute Gasteiger partial charge is 0.0544 e. The lowest BCUT2D eigenvalue weighted by atomic mass is 9.98. The lowest BCUT2D eigenvalue weighted by Gasteiger charge is -2.30. The Morgan fingerprint density at radius 2 is 1.09 bits per heavy atom. The third-order valence-corrected chi connectivity index (χ3v) is 9.48. The van der Waals surface area contributed by atoms with Crippen molar-refractivity contribution in [3.05, 3.63) is 176 Å². The SMILES string of the molecule is C1=C(N(c2ccccc2)c2ccc(-c3cccc4ccccc34)cc2)CCC(n2c3ccccc3c3c4ccccc4ccc32)=C1. The van der Waals surface area contributed by atoms with Crippen molar-refractivity contribution in [2.75, 3.05) is 4.90 Å². The summed E-state index contributed by atoms with van der Waals surface area (Å²) >= 11 is 0. The lowest BCUT2D eigenvalue weighted by Crippen LogP contribution is -2.18. The Labute approximate surface area is 268 Å². The molecule has 218 valence electrons. The molecule has 0 N–H and O–H groups in total. The van der Waals surface area contributed by atoms with Crippen molar-refractivity contribution in [1.29, 1.82) is 0 Å². The van der Waals surface area contributed by atoms with Crippen molar-refractivity contribution < 1.29 is 0 Å². The molecule has 0 radical (unpaired) electrons. The molecule has 46 heavy (non-hydrogen) atoms. The first-order valence-corrected chi connectivity index (χ1v) is 16.1. The van der Waals surface area contributed by atoms with Gasteiger partial charge in [0.25, 0.3) is 0 Å². The molecular formula is C44H32N2. The first kappa shape index (κ1) is 26.5. The number of para-hydroxylation sites is 2. The summed E-state index contributed by atoms with van der Waals surface area (Å²) in [6.45, 7) is 0. The summed E-state index contributed by atoms with van der Waals surface area (Å²) in [6, 6.07) is 57.1. The van der Waals surface area contributed by atoms with Gasteiger partial charge in [0, 0.05) is 33.5 Å². The predicted octanol–water partition coefficient (Wildman–Crippen LogP) is 12.1. The molecule has 0 amide bonds. The van der Waals surface area contributed by atoms with Crippen LogP contribution in [-0.4, -0.2) is 4.57 Å². The highest BCUT2D eigenvalue weighted by molar-refractivity contribution is 6.21. The van der Waals surface area contributed by atoms with Crippen molar-refractivity contribution in [1.82, 2.24) is 4.57 Å². The summed E-state index contributed by atoms with van der Waals surface area (Å²) < 4.78 is 2.48. The summed E-state index contributed by atoms with van der Waals surface area (Å²) in [4.78, 5) is 2.42. The Bertz CT molecular complexity index is 2460. The van der Waals surface area contributed by atoms with Gasteiger partial charge < -0.3 is 9.47 Å². The van der Waals surface area contributed by atoms with Gasteiger partial charge >= 0.3 is 0 Å². The molecule has 0 atom stereocenters. The molecule has 0 spiro atoms. The van der Waals surface area contributed by atoms with Crippen LogP contribution in [0.4, 0.5) is 11.4 Å². The van der Waals surface area contributed by atoms with E-state index in [1.807, 2.05) is 0 Å². The van der Waals surface area contributed by atoms with Gasteiger partial charge in [-0.1, -0.05) is 121 Å². The van der Waals surface area contributed by atoms with Gasteiger partial charge in [0.15, 0.2) is 0 Å². The zero-order valence-electron chi connectivity index (χ0n) is 25.5. The van der Waals surface area contributed by atoms with Crippen LogP contribution in [-0.2, 0) is 0 Å². The molecule has 1 aliphatic rings. The first-order valence-electron chi connectivity index (χ1n) is 16.1. The van der Waals surface area contributed by atoms with Crippen LogP contribution in [0, 0.1) is 0 Å². The topological polar surface area (TPSA) is 8.17 Å². The maximum atomic E-state index is 2.48. The number of allylic oxidation sites excluding steroid dienone is 4. The molecular weight excluding hydrogens is 556 g/mol. The highest BCUT2D eigenvalue weighted by Gasteiger charge is 2.21. The Hall–Kier alpha value is -5.86. The highest BCUT2D eigenvalue weighted by atomic mass is 15.1. The lowest BCUT2D eigenvalue weighted by molar-refractivity contribution is 0.895. The molecule has 2 heteroatoms. The van der Waals surface area contributed by atoms with Gasteiger partial charge in [0.05, 0.1) is 11.0 Å². The summed E-state index contributed by atoms with van der Waals surface area (Å²) in [5, 5.41) is 7.78. The molecule has 7 aromatic carbocycles. The van der Waals surface area contributed by atoms with Crippen LogP contribution < -0.4 is 4.90 Å². The minimum atomic E-state index is 0.938. The average Bonchev–Trinajstić information content (AvgIpc) is 3.47. The molecule has 8 aromatic rings. The molecule has 1 aromatic heterocycles. The van der Waals surface area contributed by atoms with Crippen molar-refractivity contribution in [2.45, 2.75) is 12.8 Å². The van der Waals surface area contributed by atoms with Crippen molar-refractivity contribution >= 4 is 60.4 Å². The zero-order chi connectivity index (χ0) is 30.5. The van der Waals surface area contributed by atoms with Crippen LogP contribution in [0.1, 0.15) is 12.8 Å². The number of hydrogen-bond acceptors (Lipinski definition) is 1. The molecule has 2 nitrogen and oxygen atoms in total. The Morgan fingerprint density at radius 3 is 1.87 bits per heavy atom. The van der Waals surface area contributed by atoms with E-state index in [-0.39, 0.29) is 0 Å². The van der Waals surface area contributed by atoms with Gasteiger partial charge in [0.1, 0.15) is 0 Å². The van der Waals surface area contributed by atoms with E-state index >= 15 is 0 Å². The second kappa shape index (κ2) is 10.9. The van der Waals surface area contributed by atoms with Crippen molar-refractivity contribution in [3.8, 4) is 11.1 Å². The van der Waals surface area contributed by atoms with Crippen molar-refractivity contribution in [2.24, 2.45) is 0 Å². The van der Waals surface area contributed by atoms with Crippen LogP contribution in [0.25, 0.3) is 60.2 Å². The maximum Gasteiger partial charge on any atom is 0.0544 e. The van der Waals surface area contributed by atoms with E-state index in [1.54, 1.807) is 0 Å². The summed E-state index contributed by atoms with van der Waals surface area (Å²) in [7, 11) is 0. The third kappa shape index (κ3) is 4.34. The molecule has 0 aliphatic heterocycles. The number of hydrogen-bond donors (Lipinski definition) is 0. The average molecular weight is 589 g/mol. The molecule has 1 heterocycles. The fraction of sp³-hybridized carbons (Fsp3) is 0.0455. The second-order valence-electron chi connectivity index (χ2n) is 12.1. The highest BCUT2D eigenvalue weighted by Crippen LogP contribution is 2.41. The first-order chi connectivity index (χ1) is 22.8. The van der Waals surface area contributed by atoms with Gasteiger partial charge in [-0.05, 0) is 94.1 Å². The number of nitrogens with zero attached hydrogens (tertiary/aromatic N) is 2. The van der Waals surface area contributed by atoms with Crippen LogP contribution in [0.15, 0.2) is 176 Å². The van der Waals surface area contributed by atoms with Gasteiger partial charge in [-0.2, -0.15) is 0 Å². The van der Waals surface area contributed by atoms with Gasteiger partial charge in [-0.15, -0.1) is 0 Å². The summed E-state index contributed by atoms with van der Waals surface area (Å²) in [5.74, 6) is 0. The zero-order valence-corrected chi connectivity index (χ0v) is 25.5. The van der Waals surface area contributed by atoms with Crippen LogP contribution in [0.2, 0.25) is 0 Å². The molecule has 0 bridgehead atoms. The van der Waals surface area contributed by atoms with E-state index in [9.17, 15) is 0 Å². The molecule has 9 rings (SSSR count). The minimum absolute atomic E-state index is 0.938. The standard InChI is InChI=1S/C44H32N2/c1-2-14-34(15-3-1)45(35-24-21-33(22-25-35)39-19-10-13-31-11-4-6-16-38(31)39)36-26-28-37(29-27-36)46-42-20-9-8-18-41(42)44-40-17-7-5-12-32(40)23-30-43(44)46/h1-26,28,30H,27,29H2. The van der Waals surface area contributed by atoms with Gasteiger partial charge in [-0.3, -0.25) is 0 Å². The van der Waals surface area contributed by atoms with Crippen LogP contribution in [0.3, 0.4) is 0 Å². The third-order valence-electron chi connectivity index (χ3n) is 9.48. The van der Waals surface area contributed by atoms with E-state index in [1.165, 1.54) is 77.2 Å². The number of fused-ring (bicyclic) bond motifs is 6. The van der Waals surface area contributed by atoms with E-state index < -0.39 is 0 Å². The fourth-order valence-electron chi connectivity index (χ4n) is 7.36. The van der Waals surface area contributed by atoms with Crippen LogP contribution in [0.5, 0.6) is 0 Å². The summed E-state index contributed by atoms with van der Waals surface area (Å²) in [5.41, 5.74) is 9.98. The van der Waals surface area contributed by atoms with E-state index in [0.717, 1.165) is 12.8 Å². The van der Waals surface area contributed by atoms with Gasteiger partial charge in [0.2, 0.25) is 0 Å². The Balaban J connectivity index is 1.14. The second-order valence-corrected chi connectivity index (χ2v) is 12.1. The predicted molar refractivity (Wildman–Crippen MR) is 197 cm³/mol. The van der Waals surface area contributed by atoms with Crippen LogP contribution >= 0.6 is 0 Å². The van der Waals surface area contributed by atoms with Gasteiger partial charge in [-0.25, -0.2) is 0 Å². The monoisotopic (exact) mass is 588 g/mol. The minimum Gasteiger partial charge on any atom is -0.314 e. The molecule has 0 saturated heterocycles. The number of anilines is 2. The van der Waals surface area contributed by atoms with E-state index in [4.69, 9.17) is 0 Å². The molecule has 0 saturated carbocycles. The van der Waals surface area contributed by atoms with E-state index in [2.05, 4.69) is 179 Å². The van der Waals surface area contributed by atoms with E-state index in [0.29, 0.717) is 0 Å². The molecule has 0 fully saturated rings. The Kier molecular flexibility index (Phi) is 6.31. The summed E-state index contributed by atoms with van der Waals surface area (Å²) in [6.07, 6.45) is 6.55. The largest absolute Gasteiger partial charge is 0.314 e. The Morgan fingerprint density at radius 1 is 0.435 bits per heavy atom. The normalized spacial score (nSPS) is 13.3. The number of benzene rings is 7. The number of aromatic nitrogens is 1. The quantitative estimate of drug-likeness (QED) is 0.194. The maximum absolute atomic E-state index is 2.48. The number of rotatable bonds is 5. The molecule has 1 aliphatic carbocycles. The fourth-order valence-corrected chi connectivity index (χ4v) is 7.36.